The van der Waals surface area contributed by atoms with Crippen LogP contribution in [0, 0.1) is 17.2 Å². The number of likely N-dealkylation sites (tertiary alicyclic amines) is 1. The molecule has 0 saturated carbocycles. The number of nitriles is 1. The van der Waals surface area contributed by atoms with Gasteiger partial charge in [-0.1, -0.05) is 20.8 Å². The Morgan fingerprint density at radius 3 is 2.43 bits per heavy atom. The van der Waals surface area contributed by atoms with Gasteiger partial charge in [-0.05, 0) is 71.1 Å². The van der Waals surface area contributed by atoms with Crippen molar-refractivity contribution in [3.05, 3.63) is 76.6 Å². The number of unbranched alkanes of at least 4 members (excludes halogenated alkanes) is 1. The molecule has 2 aromatic carbocycles. The van der Waals surface area contributed by atoms with Crippen LogP contribution in [-0.2, 0) is 32.2 Å². The van der Waals surface area contributed by atoms with Crippen molar-refractivity contribution in [2.75, 3.05) is 29.9 Å². The van der Waals surface area contributed by atoms with Gasteiger partial charge in [0.05, 0.1) is 18.2 Å². The van der Waals surface area contributed by atoms with Crippen molar-refractivity contribution in [3.63, 3.8) is 0 Å². The summed E-state index contributed by atoms with van der Waals surface area (Å²) in [6.07, 6.45) is -3.03. The van der Waals surface area contributed by atoms with Crippen molar-refractivity contribution in [2.24, 2.45) is 13.0 Å². The lowest BCUT2D eigenvalue weighted by Gasteiger charge is -2.36. The molecule has 54 heavy (non-hydrogen) atoms. The van der Waals surface area contributed by atoms with Crippen molar-refractivity contribution >= 4 is 17.5 Å². The number of carbonyl (C=O) groups excluding carboxylic acids is 1. The summed E-state index contributed by atoms with van der Waals surface area (Å²) in [5.74, 6) is -7.37. The van der Waals surface area contributed by atoms with Crippen LogP contribution in [0.25, 0.3) is 22.5 Å². The van der Waals surface area contributed by atoms with Crippen LogP contribution in [0.5, 0.6) is 0 Å². The predicted octanol–water partition coefficient (Wildman–Crippen LogP) is 9.30. The van der Waals surface area contributed by atoms with Crippen LogP contribution in [0.1, 0.15) is 81.0 Å². The molecule has 0 bridgehead atoms. The number of benzene rings is 2. The Hall–Kier alpha value is -5.04. The summed E-state index contributed by atoms with van der Waals surface area (Å²) in [5.41, 5.74) is -0.274. The van der Waals surface area contributed by atoms with Gasteiger partial charge in [-0.15, -0.1) is 10.2 Å². The molecule has 1 unspecified atom stereocenters. The summed E-state index contributed by atoms with van der Waals surface area (Å²) in [6, 6.07) is 10.9. The summed E-state index contributed by atoms with van der Waals surface area (Å²) in [6.45, 7) is 6.30. The molecular formula is C38H43F7N8O. The van der Waals surface area contributed by atoms with Crippen molar-refractivity contribution in [2.45, 2.75) is 78.1 Å². The molecule has 0 radical (unpaired) electrons. The molecule has 1 fully saturated rings. The van der Waals surface area contributed by atoms with E-state index in [2.05, 4.69) is 20.5 Å². The number of pyridine rings is 1. The monoisotopic (exact) mass is 760 g/mol. The summed E-state index contributed by atoms with van der Waals surface area (Å²) < 4.78 is 102. The Morgan fingerprint density at radius 2 is 1.80 bits per heavy atom. The largest absolute Gasteiger partial charge is 0.416 e. The molecule has 1 saturated heterocycles. The van der Waals surface area contributed by atoms with Crippen molar-refractivity contribution in [1.29, 1.82) is 5.26 Å². The first-order valence-electron chi connectivity index (χ1n) is 17.6. The van der Waals surface area contributed by atoms with E-state index in [0.29, 0.717) is 24.5 Å². The number of halogens is 7. The van der Waals surface area contributed by atoms with Gasteiger partial charge in [0.15, 0.2) is 5.82 Å². The molecule has 2 aromatic heterocycles. The molecule has 290 valence electrons. The van der Waals surface area contributed by atoms with E-state index in [9.17, 15) is 26.7 Å². The molecule has 6 rings (SSSR count). The summed E-state index contributed by atoms with van der Waals surface area (Å²) >= 11 is 0. The molecule has 1 N–H and O–H groups in total. The third kappa shape index (κ3) is 8.51. The zero-order chi connectivity index (χ0) is 39.6. The molecule has 0 spiro atoms. The Kier molecular flexibility index (Phi) is 11.7. The van der Waals surface area contributed by atoms with Gasteiger partial charge in [-0.3, -0.25) is 14.6 Å². The lowest BCUT2D eigenvalue weighted by molar-refractivity contribution is -0.137. The number of nitrogens with zero attached hydrogens (tertiary/aromatic N) is 7. The minimum Gasteiger partial charge on any atom is -0.370 e. The van der Waals surface area contributed by atoms with Gasteiger partial charge in [0.25, 0.3) is 17.8 Å². The average Bonchev–Trinajstić information content (AvgIpc) is 3.70. The van der Waals surface area contributed by atoms with Crippen LogP contribution >= 0.6 is 0 Å². The van der Waals surface area contributed by atoms with E-state index >= 15 is 8.78 Å². The first kappa shape index (κ1) is 40.2. The first-order chi connectivity index (χ1) is 25.5. The van der Waals surface area contributed by atoms with Crippen molar-refractivity contribution < 1.29 is 37.0 Å². The highest BCUT2D eigenvalue weighted by atomic mass is 19.4. The lowest BCUT2D eigenvalue weighted by Crippen LogP contribution is -2.45. The molecule has 2 aliphatic rings. The molecule has 9 nitrogen and oxygen atoms in total. The minimum atomic E-state index is -4.69. The molecule has 16 heteroatoms. The Labute approximate surface area is 310 Å². The summed E-state index contributed by atoms with van der Waals surface area (Å²) in [5, 5.41) is 20.0. The number of nitrogens with one attached hydrogen (secondary N) is 1. The van der Waals surface area contributed by atoms with Gasteiger partial charge in [0, 0.05) is 77.0 Å². The molecule has 0 aliphatic carbocycles. The third-order valence-electron chi connectivity index (χ3n) is 9.47. The van der Waals surface area contributed by atoms with Crippen LogP contribution in [0.3, 0.4) is 0 Å². The van der Waals surface area contributed by atoms with Crippen molar-refractivity contribution in [1.82, 2.24) is 24.6 Å². The number of alkyl halides is 7. The van der Waals surface area contributed by atoms with Gasteiger partial charge >= 0.3 is 6.18 Å². The Bertz CT molecular complexity index is 2040. The number of aromatic nitrogens is 4. The molecule has 1 atom stereocenters. The normalized spacial score (nSPS) is 17.1. The summed E-state index contributed by atoms with van der Waals surface area (Å²) in [4.78, 5) is 21.6. The fourth-order valence-electron chi connectivity index (χ4n) is 6.67. The van der Waals surface area contributed by atoms with Crippen LogP contribution < -0.4 is 10.2 Å². The van der Waals surface area contributed by atoms with Crippen LogP contribution in [-0.4, -0.2) is 56.1 Å². The molecule has 4 aromatic rings. The molecule has 4 heterocycles. The van der Waals surface area contributed by atoms with E-state index in [4.69, 9.17) is 5.26 Å². The fourth-order valence-corrected chi connectivity index (χ4v) is 6.67. The standard InChI is InChI=1S/C36H35F7N8O.C2H6.H2/c1-21-17-50(11-8-35(21,39)40)18-22-12-27-28(29(13-22)34(2,37)38)19-51(33(27)52)31-15-23(14-30(47-31)45-10-5-4-9-44)26-16-24(36(41,42)43)6-7-25(26)32-48-46-20-49(32)3;1-2;/h6-7,12-16,20-21H,4-5,8,10-11,17-19H2,1-3H3,(H,45,47);1-2H3;1H. The highest BCUT2D eigenvalue weighted by Crippen LogP contribution is 2.42. The number of anilines is 2. The predicted molar refractivity (Wildman–Crippen MR) is 192 cm³/mol. The van der Waals surface area contributed by atoms with E-state index in [1.54, 1.807) is 11.9 Å². The van der Waals surface area contributed by atoms with E-state index in [1.807, 2.05) is 19.9 Å². The number of fused-ring (bicyclic) bond motifs is 1. The van der Waals surface area contributed by atoms with Gasteiger partial charge in [-0.2, -0.15) is 18.4 Å². The van der Waals surface area contributed by atoms with E-state index in [0.717, 1.165) is 12.1 Å². The number of amides is 1. The fraction of sp³-hybridized carbons (Fsp3) is 0.447. The number of aryl methyl sites for hydroxylation is 1. The second kappa shape index (κ2) is 15.7. The van der Waals surface area contributed by atoms with Crippen LogP contribution in [0.15, 0.2) is 48.8 Å². The zero-order valence-corrected chi connectivity index (χ0v) is 30.5. The highest BCUT2D eigenvalue weighted by molar-refractivity contribution is 6.10. The minimum absolute atomic E-state index is 0. The summed E-state index contributed by atoms with van der Waals surface area (Å²) in [7, 11) is 1.63. The molecular weight excluding hydrogens is 717 g/mol. The maximum atomic E-state index is 15.2. The zero-order valence-electron chi connectivity index (χ0n) is 30.5. The smallest absolute Gasteiger partial charge is 0.370 e. The molecule has 2 aliphatic heterocycles. The van der Waals surface area contributed by atoms with Gasteiger partial charge in [-0.25, -0.2) is 22.5 Å². The topological polar surface area (TPSA) is 103 Å². The Morgan fingerprint density at radius 1 is 1.06 bits per heavy atom. The average molecular weight is 761 g/mol. The maximum Gasteiger partial charge on any atom is 0.416 e. The lowest BCUT2D eigenvalue weighted by atomic mass is 9.93. The van der Waals surface area contributed by atoms with E-state index < -0.39 is 35.4 Å². The quantitative estimate of drug-likeness (QED) is 0.127. The number of hydrogen-bond acceptors (Lipinski definition) is 7. The van der Waals surface area contributed by atoms with Crippen LogP contribution in [0.2, 0.25) is 0 Å². The maximum absolute atomic E-state index is 15.2. The number of carbonyl (C=O) groups is 1. The second-order valence-electron chi connectivity index (χ2n) is 13.4. The van der Waals surface area contributed by atoms with Crippen molar-refractivity contribution in [3.8, 4) is 28.6 Å². The van der Waals surface area contributed by atoms with Gasteiger partial charge < -0.3 is 9.88 Å². The second-order valence-corrected chi connectivity index (χ2v) is 13.4. The highest BCUT2D eigenvalue weighted by Gasteiger charge is 2.42. The SMILES string of the molecule is CC.CC1CN(Cc2cc3c(c(C(C)(F)F)c2)CN(c2cc(-c4cc(C(F)(F)F)ccc4-c4nncn4C)cc(NCCCC#N)n2)C3=O)CCC1(F)F.[HH]. The first-order valence-corrected chi connectivity index (χ1v) is 17.6. The Balaban J connectivity index is 0.00000221. The third-order valence-corrected chi connectivity index (χ3v) is 9.47. The number of rotatable bonds is 10. The molecule has 1 amide bonds. The van der Waals surface area contributed by atoms with Gasteiger partial charge in [0.2, 0.25) is 0 Å². The van der Waals surface area contributed by atoms with Crippen LogP contribution in [0.4, 0.5) is 42.4 Å². The van der Waals surface area contributed by atoms with E-state index in [1.165, 1.54) is 53.0 Å². The van der Waals surface area contributed by atoms with Gasteiger partial charge in [0.1, 0.15) is 18.0 Å². The number of piperidine rings is 1. The number of hydrogen-bond donors (Lipinski definition) is 1. The van der Waals surface area contributed by atoms with E-state index in [-0.39, 0.29) is 92.3 Å².